The Bertz CT molecular complexity index is 711. The van der Waals surface area contributed by atoms with E-state index in [9.17, 15) is 24.6 Å². The molecule has 0 saturated carbocycles. The Morgan fingerprint density at radius 2 is 1.71 bits per heavy atom. The van der Waals surface area contributed by atoms with Gasteiger partial charge in [-0.05, 0) is 45.7 Å². The molecule has 0 heterocycles. The maximum atomic E-state index is 11.9. The van der Waals surface area contributed by atoms with E-state index in [2.05, 4.69) is 10.6 Å². The van der Waals surface area contributed by atoms with E-state index in [0.29, 0.717) is 19.4 Å². The lowest BCUT2D eigenvalue weighted by Gasteiger charge is -2.19. The minimum atomic E-state index is -1.46. The average Bonchev–Trinajstić information content (AvgIpc) is 2.55. The summed E-state index contributed by atoms with van der Waals surface area (Å²) >= 11 is 0. The molecule has 156 valence electrons. The van der Waals surface area contributed by atoms with Gasteiger partial charge in [0.1, 0.15) is 22.7 Å². The fourth-order valence-corrected chi connectivity index (χ4v) is 2.35. The minimum Gasteiger partial charge on any atom is -0.507 e. The lowest BCUT2D eigenvalue weighted by Crippen LogP contribution is -2.33. The second kappa shape index (κ2) is 10.4. The number of carboxylic acid groups (broad SMARTS) is 1. The third-order valence-corrected chi connectivity index (χ3v) is 3.68. The molecule has 1 aromatic rings. The summed E-state index contributed by atoms with van der Waals surface area (Å²) < 4.78 is 5.11. The van der Waals surface area contributed by atoms with E-state index in [-0.39, 0.29) is 24.4 Å². The molecule has 0 bridgehead atoms. The largest absolute Gasteiger partial charge is 0.507 e. The smallest absolute Gasteiger partial charge is 0.407 e. The Labute approximate surface area is 163 Å². The molecule has 0 aliphatic rings. The van der Waals surface area contributed by atoms with Gasteiger partial charge < -0.3 is 30.7 Å². The molecule has 0 aromatic heterocycles. The number of rotatable bonds is 9. The molecule has 1 aromatic carbocycles. The van der Waals surface area contributed by atoms with Gasteiger partial charge in [0.25, 0.3) is 0 Å². The molecule has 9 heteroatoms. The molecular weight excluding hydrogens is 368 g/mol. The van der Waals surface area contributed by atoms with Crippen molar-refractivity contribution in [3.8, 4) is 11.5 Å². The second-order valence-electron chi connectivity index (χ2n) is 7.29. The van der Waals surface area contributed by atoms with Gasteiger partial charge in [0.15, 0.2) is 0 Å². The number of hydrogen-bond acceptors (Lipinski definition) is 6. The molecule has 5 N–H and O–H groups in total. The summed E-state index contributed by atoms with van der Waals surface area (Å²) in [6, 6.07) is 2.50. The molecular formula is C19H28N2O7. The van der Waals surface area contributed by atoms with E-state index < -0.39 is 34.7 Å². The summed E-state index contributed by atoms with van der Waals surface area (Å²) in [5, 5.41) is 33.6. The number of aromatic hydroxyl groups is 2. The van der Waals surface area contributed by atoms with E-state index in [1.807, 2.05) is 0 Å². The Balaban J connectivity index is 2.27. The Kier molecular flexibility index (Phi) is 8.56. The molecule has 0 saturated heterocycles. The van der Waals surface area contributed by atoms with Gasteiger partial charge in [-0.3, -0.25) is 4.79 Å². The number of carboxylic acids is 1. The minimum absolute atomic E-state index is 0.0502. The predicted molar refractivity (Wildman–Crippen MR) is 101 cm³/mol. The normalized spacial score (nSPS) is 11.0. The molecule has 9 nitrogen and oxygen atoms in total. The van der Waals surface area contributed by atoms with Crippen LogP contribution in [0.2, 0.25) is 0 Å². The molecule has 0 unspecified atom stereocenters. The van der Waals surface area contributed by atoms with Crippen molar-refractivity contribution < 1.29 is 34.4 Å². The van der Waals surface area contributed by atoms with Crippen LogP contribution in [-0.2, 0) is 16.1 Å². The predicted octanol–water partition coefficient (Wildman–Crippen LogP) is 2.50. The van der Waals surface area contributed by atoms with Gasteiger partial charge in [0, 0.05) is 25.1 Å². The molecule has 0 atom stereocenters. The van der Waals surface area contributed by atoms with Gasteiger partial charge >= 0.3 is 12.1 Å². The van der Waals surface area contributed by atoms with Crippen LogP contribution in [0.25, 0.3) is 0 Å². The number of amides is 2. The van der Waals surface area contributed by atoms with Crippen LogP contribution in [-0.4, -0.2) is 45.4 Å². The zero-order chi connectivity index (χ0) is 21.3. The number of ether oxygens (including phenoxy) is 1. The fourth-order valence-electron chi connectivity index (χ4n) is 2.35. The number of nitrogens with one attached hydrogen (secondary N) is 2. The van der Waals surface area contributed by atoms with E-state index in [1.54, 1.807) is 20.8 Å². The summed E-state index contributed by atoms with van der Waals surface area (Å²) in [6.07, 6.45) is 1.84. The molecule has 0 aliphatic carbocycles. The quantitative estimate of drug-likeness (QED) is 0.403. The van der Waals surface area contributed by atoms with Gasteiger partial charge in [-0.1, -0.05) is 6.42 Å². The highest BCUT2D eigenvalue weighted by Crippen LogP contribution is 2.30. The lowest BCUT2D eigenvalue weighted by molar-refractivity contribution is -0.121. The molecule has 0 spiro atoms. The first-order valence-electron chi connectivity index (χ1n) is 9.02. The van der Waals surface area contributed by atoms with Crippen molar-refractivity contribution in [2.45, 2.75) is 58.6 Å². The van der Waals surface area contributed by atoms with E-state index in [1.165, 1.54) is 6.07 Å². The molecule has 1 rings (SSSR count). The monoisotopic (exact) mass is 396 g/mol. The fraction of sp³-hybridized carbons (Fsp3) is 0.526. The number of carbonyl (C=O) groups is 3. The third kappa shape index (κ3) is 8.15. The van der Waals surface area contributed by atoms with Crippen LogP contribution < -0.4 is 10.6 Å². The average molecular weight is 396 g/mol. The Morgan fingerprint density at radius 3 is 2.32 bits per heavy atom. The maximum Gasteiger partial charge on any atom is 0.407 e. The van der Waals surface area contributed by atoms with Crippen LogP contribution in [0.1, 0.15) is 62.4 Å². The standard InChI is InChI=1S/C19H28N2O7/c1-19(2,3)28-18(27)20-10-6-4-5-7-14(23)21-11-12-8-9-13(22)15(16(12)24)17(25)26/h8-9,22,24H,4-7,10-11H2,1-3H3,(H,20,27)(H,21,23)(H,25,26). The number of phenols is 2. The van der Waals surface area contributed by atoms with Crippen LogP contribution in [0, 0.1) is 0 Å². The van der Waals surface area contributed by atoms with Crippen molar-refractivity contribution in [1.29, 1.82) is 0 Å². The van der Waals surface area contributed by atoms with Crippen molar-refractivity contribution in [2.24, 2.45) is 0 Å². The van der Waals surface area contributed by atoms with Crippen LogP contribution in [0.5, 0.6) is 11.5 Å². The number of aromatic carboxylic acids is 1. The highest BCUT2D eigenvalue weighted by atomic mass is 16.6. The number of carbonyl (C=O) groups excluding carboxylic acids is 2. The second-order valence-corrected chi connectivity index (χ2v) is 7.29. The number of benzene rings is 1. The number of unbranched alkanes of at least 4 members (excludes halogenated alkanes) is 2. The molecule has 2 amide bonds. The first-order chi connectivity index (χ1) is 13.0. The third-order valence-electron chi connectivity index (χ3n) is 3.68. The van der Waals surface area contributed by atoms with Gasteiger partial charge in [-0.2, -0.15) is 0 Å². The van der Waals surface area contributed by atoms with E-state index in [0.717, 1.165) is 12.5 Å². The number of alkyl carbamates (subject to hydrolysis) is 1. The van der Waals surface area contributed by atoms with Gasteiger partial charge in [-0.25, -0.2) is 9.59 Å². The summed E-state index contributed by atoms with van der Waals surface area (Å²) in [5.41, 5.74) is -0.936. The first kappa shape index (κ1) is 23.1. The van der Waals surface area contributed by atoms with Crippen molar-refractivity contribution in [2.75, 3.05) is 6.54 Å². The molecule has 0 fully saturated rings. The van der Waals surface area contributed by atoms with Crippen LogP contribution in [0.4, 0.5) is 4.79 Å². The maximum absolute atomic E-state index is 11.9. The van der Waals surface area contributed by atoms with Crippen molar-refractivity contribution in [3.63, 3.8) is 0 Å². The van der Waals surface area contributed by atoms with Crippen molar-refractivity contribution in [3.05, 3.63) is 23.3 Å². The lowest BCUT2D eigenvalue weighted by atomic mass is 10.1. The summed E-state index contributed by atoms with van der Waals surface area (Å²) in [6.45, 7) is 5.75. The van der Waals surface area contributed by atoms with Crippen LogP contribution >= 0.6 is 0 Å². The summed E-state index contributed by atoms with van der Waals surface area (Å²) in [4.78, 5) is 34.4. The zero-order valence-electron chi connectivity index (χ0n) is 16.4. The van der Waals surface area contributed by atoms with Crippen LogP contribution in [0.15, 0.2) is 12.1 Å². The van der Waals surface area contributed by atoms with Crippen molar-refractivity contribution in [1.82, 2.24) is 10.6 Å². The summed E-state index contributed by atoms with van der Waals surface area (Å²) in [5.74, 6) is -2.81. The Hall–Kier alpha value is -2.97. The molecule has 0 radical (unpaired) electrons. The van der Waals surface area contributed by atoms with E-state index >= 15 is 0 Å². The highest BCUT2D eigenvalue weighted by Gasteiger charge is 2.19. The van der Waals surface area contributed by atoms with Crippen molar-refractivity contribution >= 4 is 18.0 Å². The van der Waals surface area contributed by atoms with Gasteiger partial charge in [0.2, 0.25) is 5.91 Å². The number of hydrogen-bond donors (Lipinski definition) is 5. The van der Waals surface area contributed by atoms with Gasteiger partial charge in [-0.15, -0.1) is 0 Å². The van der Waals surface area contributed by atoms with E-state index in [4.69, 9.17) is 9.84 Å². The molecule has 28 heavy (non-hydrogen) atoms. The summed E-state index contributed by atoms with van der Waals surface area (Å²) in [7, 11) is 0. The SMILES string of the molecule is CC(C)(C)OC(=O)NCCCCCC(=O)NCc1ccc(O)c(C(=O)O)c1O. The molecule has 0 aliphatic heterocycles. The topological polar surface area (TPSA) is 145 Å². The first-order valence-corrected chi connectivity index (χ1v) is 9.02. The Morgan fingerprint density at radius 1 is 1.04 bits per heavy atom. The van der Waals surface area contributed by atoms with Gasteiger partial charge in [0.05, 0.1) is 0 Å². The zero-order valence-corrected chi connectivity index (χ0v) is 16.4. The van der Waals surface area contributed by atoms with Crippen LogP contribution in [0.3, 0.4) is 0 Å². The highest BCUT2D eigenvalue weighted by molar-refractivity contribution is 5.94.